The molecular weight excluding hydrogens is 369 g/mol. The lowest BCUT2D eigenvalue weighted by Crippen LogP contribution is -2.13. The number of nitrogens with zero attached hydrogens (tertiary/aromatic N) is 2. The molecule has 2 aromatic rings. The summed E-state index contributed by atoms with van der Waals surface area (Å²) >= 11 is 11.8. The molecule has 1 fully saturated rings. The zero-order valence-electron chi connectivity index (χ0n) is 14.2. The zero-order chi connectivity index (χ0) is 18.5. The average molecular weight is 388 g/mol. The van der Waals surface area contributed by atoms with Gasteiger partial charge in [0, 0.05) is 24.1 Å². The molecule has 0 spiro atoms. The predicted molar refractivity (Wildman–Crippen MR) is 105 cm³/mol. The van der Waals surface area contributed by atoms with Gasteiger partial charge in [0.05, 0.1) is 10.0 Å². The standard InChI is InChI=1S/C20H19Cl2N3O/c21-18-7-6-16(11-19(18)22)24-20(26)15(12-23)10-14-8-9-25(13-14)17-4-2-1-3-5-17/h6-11,13,17H,1-5H2,(H,24,26)/b15-10+. The Morgan fingerprint density at radius 1 is 1.19 bits per heavy atom. The summed E-state index contributed by atoms with van der Waals surface area (Å²) in [5.41, 5.74) is 1.37. The van der Waals surface area contributed by atoms with Crippen molar-refractivity contribution in [2.75, 3.05) is 5.32 Å². The van der Waals surface area contributed by atoms with Crippen LogP contribution < -0.4 is 5.32 Å². The molecule has 1 N–H and O–H groups in total. The van der Waals surface area contributed by atoms with Crippen molar-refractivity contribution >= 4 is 40.9 Å². The molecule has 0 unspecified atom stereocenters. The number of aromatic nitrogens is 1. The van der Waals surface area contributed by atoms with Gasteiger partial charge in [-0.15, -0.1) is 0 Å². The molecule has 1 aliphatic carbocycles. The van der Waals surface area contributed by atoms with E-state index < -0.39 is 5.91 Å². The second kappa shape index (κ2) is 8.44. The Hall–Kier alpha value is -2.22. The number of hydrogen-bond donors (Lipinski definition) is 1. The van der Waals surface area contributed by atoms with E-state index in [1.165, 1.54) is 32.1 Å². The number of carbonyl (C=O) groups excluding carboxylic acids is 1. The molecule has 1 saturated carbocycles. The molecule has 1 amide bonds. The third-order valence-electron chi connectivity index (χ3n) is 4.59. The fourth-order valence-corrected chi connectivity index (χ4v) is 3.51. The zero-order valence-corrected chi connectivity index (χ0v) is 15.7. The number of rotatable bonds is 4. The summed E-state index contributed by atoms with van der Waals surface area (Å²) in [7, 11) is 0. The van der Waals surface area contributed by atoms with Gasteiger partial charge in [-0.3, -0.25) is 4.79 Å². The van der Waals surface area contributed by atoms with Crippen molar-refractivity contribution in [3.8, 4) is 6.07 Å². The van der Waals surface area contributed by atoms with Crippen LogP contribution in [-0.4, -0.2) is 10.5 Å². The number of carbonyl (C=O) groups is 1. The lowest BCUT2D eigenvalue weighted by atomic mass is 9.95. The lowest BCUT2D eigenvalue weighted by Gasteiger charge is -2.23. The van der Waals surface area contributed by atoms with Gasteiger partial charge in [-0.05, 0) is 48.7 Å². The van der Waals surface area contributed by atoms with Crippen molar-refractivity contribution in [1.82, 2.24) is 4.57 Å². The summed E-state index contributed by atoms with van der Waals surface area (Å²) in [5, 5.41) is 12.8. The highest BCUT2D eigenvalue weighted by Gasteiger charge is 2.15. The first-order valence-corrected chi connectivity index (χ1v) is 9.38. The highest BCUT2D eigenvalue weighted by molar-refractivity contribution is 6.42. The number of anilines is 1. The van der Waals surface area contributed by atoms with E-state index in [-0.39, 0.29) is 5.57 Å². The van der Waals surface area contributed by atoms with E-state index in [9.17, 15) is 10.1 Å². The molecule has 26 heavy (non-hydrogen) atoms. The summed E-state index contributed by atoms with van der Waals surface area (Å²) in [6.45, 7) is 0. The van der Waals surface area contributed by atoms with Crippen molar-refractivity contribution in [3.63, 3.8) is 0 Å². The second-order valence-corrected chi connectivity index (χ2v) is 7.25. The van der Waals surface area contributed by atoms with Crippen LogP contribution in [0.15, 0.2) is 42.2 Å². The number of amides is 1. The molecule has 1 aromatic heterocycles. The van der Waals surface area contributed by atoms with Gasteiger partial charge in [0.2, 0.25) is 0 Å². The maximum Gasteiger partial charge on any atom is 0.266 e. The smallest absolute Gasteiger partial charge is 0.266 e. The van der Waals surface area contributed by atoms with Crippen LogP contribution in [0.5, 0.6) is 0 Å². The molecule has 0 bridgehead atoms. The van der Waals surface area contributed by atoms with Crippen molar-refractivity contribution in [2.45, 2.75) is 38.1 Å². The fourth-order valence-electron chi connectivity index (χ4n) is 3.21. The Labute approximate surface area is 163 Å². The van der Waals surface area contributed by atoms with Crippen LogP contribution in [0.1, 0.15) is 43.7 Å². The Morgan fingerprint density at radius 2 is 1.96 bits per heavy atom. The van der Waals surface area contributed by atoms with Gasteiger partial charge in [0.25, 0.3) is 5.91 Å². The monoisotopic (exact) mass is 387 g/mol. The van der Waals surface area contributed by atoms with E-state index in [1.807, 2.05) is 24.5 Å². The quantitative estimate of drug-likeness (QED) is 0.528. The Bertz CT molecular complexity index is 873. The van der Waals surface area contributed by atoms with Crippen LogP contribution in [0.2, 0.25) is 10.0 Å². The SMILES string of the molecule is N#C/C(=C\c1ccn(C2CCCCC2)c1)C(=O)Nc1ccc(Cl)c(Cl)c1. The summed E-state index contributed by atoms with van der Waals surface area (Å²) < 4.78 is 2.19. The average Bonchev–Trinajstić information content (AvgIpc) is 3.12. The molecule has 0 saturated heterocycles. The molecule has 0 radical (unpaired) electrons. The first-order valence-electron chi connectivity index (χ1n) is 8.62. The number of nitrogens with one attached hydrogen (secondary N) is 1. The van der Waals surface area contributed by atoms with E-state index in [0.29, 0.717) is 21.8 Å². The predicted octanol–water partition coefficient (Wildman–Crippen LogP) is 5.85. The normalized spacial score (nSPS) is 15.5. The van der Waals surface area contributed by atoms with Crippen LogP contribution in [0.25, 0.3) is 6.08 Å². The molecule has 0 aliphatic heterocycles. The number of benzene rings is 1. The Balaban J connectivity index is 1.73. The van der Waals surface area contributed by atoms with Crippen LogP contribution in [0.3, 0.4) is 0 Å². The highest BCUT2D eigenvalue weighted by Crippen LogP contribution is 2.29. The van der Waals surface area contributed by atoms with Gasteiger partial charge in [-0.1, -0.05) is 42.5 Å². The van der Waals surface area contributed by atoms with Crippen molar-refractivity contribution < 1.29 is 4.79 Å². The third-order valence-corrected chi connectivity index (χ3v) is 5.33. The molecule has 4 nitrogen and oxygen atoms in total. The lowest BCUT2D eigenvalue weighted by molar-refractivity contribution is -0.112. The van der Waals surface area contributed by atoms with E-state index in [1.54, 1.807) is 24.3 Å². The van der Waals surface area contributed by atoms with Crippen LogP contribution >= 0.6 is 23.2 Å². The van der Waals surface area contributed by atoms with Gasteiger partial charge >= 0.3 is 0 Å². The second-order valence-electron chi connectivity index (χ2n) is 6.44. The minimum absolute atomic E-state index is 0.0393. The van der Waals surface area contributed by atoms with Crippen molar-refractivity contribution in [1.29, 1.82) is 5.26 Å². The molecule has 3 rings (SSSR count). The molecule has 134 valence electrons. The van der Waals surface area contributed by atoms with Crippen molar-refractivity contribution in [2.24, 2.45) is 0 Å². The van der Waals surface area contributed by atoms with Gasteiger partial charge < -0.3 is 9.88 Å². The van der Waals surface area contributed by atoms with Crippen molar-refractivity contribution in [3.05, 3.63) is 57.8 Å². The Morgan fingerprint density at radius 3 is 2.65 bits per heavy atom. The Kier molecular flexibility index (Phi) is 6.03. The number of nitriles is 1. The molecule has 6 heteroatoms. The third kappa shape index (κ3) is 4.49. The number of halogens is 2. The van der Waals surface area contributed by atoms with Gasteiger partial charge in [0.15, 0.2) is 0 Å². The summed E-state index contributed by atoms with van der Waals surface area (Å²) in [6, 6.07) is 9.20. The maximum atomic E-state index is 12.4. The van der Waals surface area contributed by atoms with Crippen LogP contribution in [0.4, 0.5) is 5.69 Å². The minimum Gasteiger partial charge on any atom is -0.351 e. The highest BCUT2D eigenvalue weighted by atomic mass is 35.5. The van der Waals surface area contributed by atoms with E-state index in [2.05, 4.69) is 9.88 Å². The van der Waals surface area contributed by atoms with E-state index >= 15 is 0 Å². The first kappa shape index (κ1) is 18.6. The topological polar surface area (TPSA) is 57.8 Å². The minimum atomic E-state index is -0.476. The van der Waals surface area contributed by atoms with Gasteiger partial charge in [-0.2, -0.15) is 5.26 Å². The molecule has 0 atom stereocenters. The maximum absolute atomic E-state index is 12.4. The van der Waals surface area contributed by atoms with E-state index in [0.717, 1.165) is 5.56 Å². The first-order chi connectivity index (χ1) is 12.6. The largest absolute Gasteiger partial charge is 0.351 e. The summed E-state index contributed by atoms with van der Waals surface area (Å²) in [4.78, 5) is 12.4. The summed E-state index contributed by atoms with van der Waals surface area (Å²) in [6.07, 6.45) is 11.8. The van der Waals surface area contributed by atoms with Crippen LogP contribution in [-0.2, 0) is 4.79 Å². The fraction of sp³-hybridized carbons (Fsp3) is 0.300. The van der Waals surface area contributed by atoms with E-state index in [4.69, 9.17) is 23.2 Å². The number of hydrogen-bond acceptors (Lipinski definition) is 2. The molecule has 1 aliphatic rings. The molecule has 1 heterocycles. The van der Waals surface area contributed by atoms with Gasteiger partial charge in [0.1, 0.15) is 11.6 Å². The molecular formula is C20H19Cl2N3O. The molecule has 1 aromatic carbocycles. The van der Waals surface area contributed by atoms with Gasteiger partial charge in [-0.25, -0.2) is 0 Å². The van der Waals surface area contributed by atoms with Crippen LogP contribution in [0, 0.1) is 11.3 Å². The summed E-state index contributed by atoms with van der Waals surface area (Å²) in [5.74, 6) is -0.476.